The first kappa shape index (κ1) is 67.1. The average Bonchev–Trinajstić information content (AvgIpc) is 3.35. The summed E-state index contributed by atoms with van der Waals surface area (Å²) >= 11 is 0. The number of ether oxygens (including phenoxy) is 3. The van der Waals surface area contributed by atoms with Gasteiger partial charge in [-0.15, -0.1) is 0 Å². The summed E-state index contributed by atoms with van der Waals surface area (Å²) < 4.78 is 16.9. The first-order chi connectivity index (χ1) is 34.0. The Morgan fingerprint density at radius 3 is 0.725 bits per heavy atom. The van der Waals surface area contributed by atoms with Gasteiger partial charge in [0, 0.05) is 19.3 Å². The predicted octanol–water partition coefficient (Wildman–Crippen LogP) is 20.9. The molecule has 69 heavy (non-hydrogen) atoms. The van der Waals surface area contributed by atoms with E-state index in [2.05, 4.69) is 32.9 Å². The molecule has 0 bridgehead atoms. The second-order valence-corrected chi connectivity index (χ2v) is 21.3. The van der Waals surface area contributed by atoms with Crippen LogP contribution in [0.25, 0.3) is 0 Å². The van der Waals surface area contributed by atoms with Crippen molar-refractivity contribution < 1.29 is 28.6 Å². The largest absolute Gasteiger partial charge is 0.462 e. The van der Waals surface area contributed by atoms with Crippen molar-refractivity contribution in [2.45, 2.75) is 361 Å². The third-order valence-corrected chi connectivity index (χ3v) is 14.3. The molecule has 6 heteroatoms. The van der Waals surface area contributed by atoms with E-state index < -0.39 is 6.10 Å². The molecule has 0 aromatic heterocycles. The fourth-order valence-electron chi connectivity index (χ4n) is 9.56. The predicted molar refractivity (Wildman–Crippen MR) is 298 cm³/mol. The summed E-state index contributed by atoms with van der Waals surface area (Å²) in [5.41, 5.74) is 0. The molecule has 0 saturated carbocycles. The summed E-state index contributed by atoms with van der Waals surface area (Å²) in [6.07, 6.45) is 67.8. The summed E-state index contributed by atoms with van der Waals surface area (Å²) in [7, 11) is 0. The fraction of sp³-hybridized carbons (Fsp3) is 0.921. The van der Waals surface area contributed by atoms with Gasteiger partial charge in [0.05, 0.1) is 0 Å². The Hall–Kier alpha value is -1.85. The van der Waals surface area contributed by atoms with Crippen LogP contribution in [0.3, 0.4) is 0 Å². The molecule has 0 amide bonds. The highest BCUT2D eigenvalue weighted by Crippen LogP contribution is 2.18. The minimum atomic E-state index is -0.766. The van der Waals surface area contributed by atoms with E-state index in [9.17, 15) is 14.4 Å². The van der Waals surface area contributed by atoms with Crippen molar-refractivity contribution in [2.75, 3.05) is 13.2 Å². The molecule has 6 nitrogen and oxygen atoms in total. The Balaban J connectivity index is 4.30. The van der Waals surface area contributed by atoms with Crippen molar-refractivity contribution in [3.8, 4) is 0 Å². The van der Waals surface area contributed by atoms with Gasteiger partial charge in [-0.1, -0.05) is 303 Å². The lowest BCUT2D eigenvalue weighted by Crippen LogP contribution is -2.30. The van der Waals surface area contributed by atoms with Crippen LogP contribution in [-0.4, -0.2) is 37.2 Å². The Labute approximate surface area is 431 Å². The van der Waals surface area contributed by atoms with Crippen molar-refractivity contribution in [3.05, 3.63) is 12.2 Å². The van der Waals surface area contributed by atoms with Gasteiger partial charge in [0.15, 0.2) is 6.10 Å². The van der Waals surface area contributed by atoms with Gasteiger partial charge in [-0.25, -0.2) is 0 Å². The smallest absolute Gasteiger partial charge is 0.306 e. The minimum absolute atomic E-state index is 0.0642. The Kier molecular flexibility index (Phi) is 57.1. The van der Waals surface area contributed by atoms with Crippen LogP contribution in [0.2, 0.25) is 0 Å². The molecule has 0 aromatic rings. The molecule has 0 fully saturated rings. The van der Waals surface area contributed by atoms with Gasteiger partial charge in [0.1, 0.15) is 13.2 Å². The highest BCUT2D eigenvalue weighted by Gasteiger charge is 2.19. The van der Waals surface area contributed by atoms with Gasteiger partial charge < -0.3 is 14.2 Å². The summed E-state index contributed by atoms with van der Waals surface area (Å²) in [6.45, 7) is 6.71. The first-order valence-electron chi connectivity index (χ1n) is 31.2. The van der Waals surface area contributed by atoms with Crippen LogP contribution in [0, 0.1) is 0 Å². The number of carbonyl (C=O) groups is 3. The van der Waals surface area contributed by atoms with E-state index in [1.807, 2.05) is 0 Å². The molecule has 0 N–H and O–H groups in total. The molecular formula is C63H120O6. The molecule has 0 radical (unpaired) electrons. The summed E-state index contributed by atoms with van der Waals surface area (Å²) in [5, 5.41) is 0. The molecule has 0 heterocycles. The van der Waals surface area contributed by atoms with E-state index in [4.69, 9.17) is 14.2 Å². The van der Waals surface area contributed by atoms with E-state index in [0.29, 0.717) is 19.3 Å². The van der Waals surface area contributed by atoms with Gasteiger partial charge in [-0.05, 0) is 44.9 Å². The maximum Gasteiger partial charge on any atom is 0.306 e. The number of esters is 3. The Bertz CT molecular complexity index is 1070. The number of rotatable bonds is 58. The zero-order valence-electron chi connectivity index (χ0n) is 46.9. The summed E-state index contributed by atoms with van der Waals surface area (Å²) in [6, 6.07) is 0. The Morgan fingerprint density at radius 2 is 0.478 bits per heavy atom. The van der Waals surface area contributed by atoms with Crippen LogP contribution < -0.4 is 0 Å². The van der Waals surface area contributed by atoms with Crippen molar-refractivity contribution in [2.24, 2.45) is 0 Å². The SMILES string of the molecule is CCCCCCCC/C=C\CCCCCCCCCCCC(=O)O[C@@H](COC(=O)CCCCCCCCCCCCCCCCC)COC(=O)CCCCCCCCCCCCCCCCCCC. The second kappa shape index (κ2) is 58.7. The van der Waals surface area contributed by atoms with Gasteiger partial charge in [-0.2, -0.15) is 0 Å². The van der Waals surface area contributed by atoms with E-state index in [1.54, 1.807) is 0 Å². The third kappa shape index (κ3) is 56.9. The maximum atomic E-state index is 12.9. The molecule has 1 atom stereocenters. The topological polar surface area (TPSA) is 78.9 Å². The summed E-state index contributed by atoms with van der Waals surface area (Å²) in [4.78, 5) is 38.3. The van der Waals surface area contributed by atoms with Gasteiger partial charge in [-0.3, -0.25) is 14.4 Å². The van der Waals surface area contributed by atoms with E-state index >= 15 is 0 Å². The highest BCUT2D eigenvalue weighted by atomic mass is 16.6. The molecule has 408 valence electrons. The molecule has 0 aliphatic carbocycles. The van der Waals surface area contributed by atoms with Crippen LogP contribution >= 0.6 is 0 Å². The van der Waals surface area contributed by atoms with Gasteiger partial charge in [0.25, 0.3) is 0 Å². The molecular weight excluding hydrogens is 853 g/mol. The van der Waals surface area contributed by atoms with E-state index in [0.717, 1.165) is 57.8 Å². The van der Waals surface area contributed by atoms with E-state index in [1.165, 1.54) is 257 Å². The van der Waals surface area contributed by atoms with Crippen LogP contribution in [0.5, 0.6) is 0 Å². The normalized spacial score (nSPS) is 12.0. The lowest BCUT2D eigenvalue weighted by Gasteiger charge is -2.18. The number of hydrogen-bond donors (Lipinski definition) is 0. The quantitative estimate of drug-likeness (QED) is 0.0261. The van der Waals surface area contributed by atoms with Crippen molar-refractivity contribution in [1.29, 1.82) is 0 Å². The first-order valence-corrected chi connectivity index (χ1v) is 31.2. The third-order valence-electron chi connectivity index (χ3n) is 14.3. The standard InChI is InChI=1S/C63H120O6/c1-4-7-10-13-16-19-22-25-28-30-31-33-36-39-42-45-48-51-54-57-63(66)69-60(58-67-61(64)55-52-49-46-43-40-37-34-27-24-21-18-15-12-9-6-3)59-68-62(65)56-53-50-47-44-41-38-35-32-29-26-23-20-17-14-11-8-5-2/h25,28,60H,4-24,26-27,29-59H2,1-3H3/b28-25-/t60-/m0/s1. The van der Waals surface area contributed by atoms with Gasteiger partial charge in [0.2, 0.25) is 0 Å². The van der Waals surface area contributed by atoms with Crippen molar-refractivity contribution in [1.82, 2.24) is 0 Å². The number of unbranched alkanes of at least 4 members (excludes halogenated alkanes) is 45. The second-order valence-electron chi connectivity index (χ2n) is 21.3. The van der Waals surface area contributed by atoms with Crippen molar-refractivity contribution in [3.63, 3.8) is 0 Å². The summed E-state index contributed by atoms with van der Waals surface area (Å²) in [5.74, 6) is -0.836. The van der Waals surface area contributed by atoms with Crippen molar-refractivity contribution >= 4 is 17.9 Å². The van der Waals surface area contributed by atoms with Crippen LogP contribution in [0.15, 0.2) is 12.2 Å². The minimum Gasteiger partial charge on any atom is -0.462 e. The Morgan fingerprint density at radius 1 is 0.275 bits per heavy atom. The number of carbonyl (C=O) groups excluding carboxylic acids is 3. The molecule has 0 rings (SSSR count). The maximum absolute atomic E-state index is 12.9. The zero-order valence-corrected chi connectivity index (χ0v) is 46.9. The van der Waals surface area contributed by atoms with E-state index in [-0.39, 0.29) is 31.1 Å². The molecule has 0 spiro atoms. The number of hydrogen-bond acceptors (Lipinski definition) is 6. The fourth-order valence-corrected chi connectivity index (χ4v) is 9.56. The van der Waals surface area contributed by atoms with Crippen LogP contribution in [0.1, 0.15) is 355 Å². The van der Waals surface area contributed by atoms with Crippen LogP contribution in [0.4, 0.5) is 0 Å². The molecule has 0 aliphatic rings. The van der Waals surface area contributed by atoms with Crippen LogP contribution in [-0.2, 0) is 28.6 Å². The molecule has 0 aliphatic heterocycles. The number of allylic oxidation sites excluding steroid dienone is 2. The molecule has 0 unspecified atom stereocenters. The lowest BCUT2D eigenvalue weighted by molar-refractivity contribution is -0.167. The van der Waals surface area contributed by atoms with Gasteiger partial charge >= 0.3 is 17.9 Å². The molecule has 0 aromatic carbocycles. The molecule has 0 saturated heterocycles. The highest BCUT2D eigenvalue weighted by molar-refractivity contribution is 5.71. The lowest BCUT2D eigenvalue weighted by atomic mass is 10.0. The zero-order chi connectivity index (χ0) is 50.0. The monoisotopic (exact) mass is 973 g/mol. The average molecular weight is 974 g/mol.